The Morgan fingerprint density at radius 3 is 2.31 bits per heavy atom. The van der Waals surface area contributed by atoms with Gasteiger partial charge in [0.15, 0.2) is 5.11 Å². The Bertz CT molecular complexity index is 949. The standard InChI is InChI=1S/C23H24N2O3S/c1-4-15(3)28-19-12-8-17(9-13-19)14-20-21(26)24-23(29)25(22(20)27)18-10-6-16(5-2)7-11-18/h6-15H,4-5H2,1-3H3,(H,24,26,29)/b20-14+/t15-/m0/s1. The van der Waals surface area contributed by atoms with Gasteiger partial charge in [-0.05, 0) is 73.5 Å². The molecule has 0 unspecified atom stereocenters. The zero-order chi connectivity index (χ0) is 21.0. The normalized spacial score (nSPS) is 16.7. The second-order valence-corrected chi connectivity index (χ2v) is 7.27. The first kappa shape index (κ1) is 20.7. The van der Waals surface area contributed by atoms with E-state index in [2.05, 4.69) is 19.2 Å². The lowest BCUT2D eigenvalue weighted by atomic mass is 10.1. The topological polar surface area (TPSA) is 58.6 Å². The maximum atomic E-state index is 13.0. The molecule has 1 aliphatic heterocycles. The molecule has 0 radical (unpaired) electrons. The Kier molecular flexibility index (Phi) is 6.44. The number of nitrogens with zero attached hydrogens (tertiary/aromatic N) is 1. The van der Waals surface area contributed by atoms with Crippen molar-refractivity contribution in [1.29, 1.82) is 0 Å². The predicted octanol–water partition coefficient (Wildman–Crippen LogP) is 4.26. The number of nitrogens with one attached hydrogen (secondary N) is 1. The van der Waals surface area contributed by atoms with Crippen LogP contribution in [0, 0.1) is 0 Å². The van der Waals surface area contributed by atoms with Gasteiger partial charge in [0.1, 0.15) is 11.3 Å². The summed E-state index contributed by atoms with van der Waals surface area (Å²) >= 11 is 5.24. The van der Waals surface area contributed by atoms with Gasteiger partial charge in [0.2, 0.25) is 0 Å². The van der Waals surface area contributed by atoms with Crippen LogP contribution in [0.15, 0.2) is 54.1 Å². The molecule has 2 amide bonds. The van der Waals surface area contributed by atoms with E-state index >= 15 is 0 Å². The maximum Gasteiger partial charge on any atom is 0.270 e. The van der Waals surface area contributed by atoms with E-state index in [1.54, 1.807) is 6.08 Å². The highest BCUT2D eigenvalue weighted by atomic mass is 32.1. The number of anilines is 1. The second kappa shape index (κ2) is 9.01. The first-order chi connectivity index (χ1) is 13.9. The molecule has 1 atom stereocenters. The van der Waals surface area contributed by atoms with Crippen molar-refractivity contribution in [3.05, 3.63) is 65.2 Å². The third-order valence-corrected chi connectivity index (χ3v) is 5.09. The number of benzene rings is 2. The summed E-state index contributed by atoms with van der Waals surface area (Å²) in [6.45, 7) is 6.13. The molecule has 150 valence electrons. The van der Waals surface area contributed by atoms with Crippen molar-refractivity contribution in [2.24, 2.45) is 0 Å². The summed E-state index contributed by atoms with van der Waals surface area (Å²) in [5, 5.41) is 2.69. The number of hydrogen-bond donors (Lipinski definition) is 1. The van der Waals surface area contributed by atoms with Gasteiger partial charge in [0.25, 0.3) is 11.8 Å². The van der Waals surface area contributed by atoms with Crippen molar-refractivity contribution in [2.45, 2.75) is 39.7 Å². The van der Waals surface area contributed by atoms with Crippen molar-refractivity contribution in [3.63, 3.8) is 0 Å². The van der Waals surface area contributed by atoms with Crippen molar-refractivity contribution in [1.82, 2.24) is 5.32 Å². The fraction of sp³-hybridized carbons (Fsp3) is 0.261. The monoisotopic (exact) mass is 408 g/mol. The van der Waals surface area contributed by atoms with E-state index in [1.165, 1.54) is 4.90 Å². The summed E-state index contributed by atoms with van der Waals surface area (Å²) in [6, 6.07) is 14.9. The molecule has 1 fully saturated rings. The minimum absolute atomic E-state index is 0.0359. The summed E-state index contributed by atoms with van der Waals surface area (Å²) in [5.74, 6) is -0.191. The lowest BCUT2D eigenvalue weighted by Gasteiger charge is -2.29. The Hall–Kier alpha value is -2.99. The van der Waals surface area contributed by atoms with Gasteiger partial charge in [0, 0.05) is 0 Å². The second-order valence-electron chi connectivity index (χ2n) is 6.88. The summed E-state index contributed by atoms with van der Waals surface area (Å²) in [5.41, 5.74) is 2.55. The fourth-order valence-electron chi connectivity index (χ4n) is 2.90. The van der Waals surface area contributed by atoms with Crippen LogP contribution >= 0.6 is 12.2 Å². The van der Waals surface area contributed by atoms with Crippen molar-refractivity contribution >= 4 is 40.9 Å². The molecule has 2 aromatic rings. The predicted molar refractivity (Wildman–Crippen MR) is 119 cm³/mol. The highest BCUT2D eigenvalue weighted by molar-refractivity contribution is 7.80. The molecular weight excluding hydrogens is 384 g/mol. The average molecular weight is 409 g/mol. The van der Waals surface area contributed by atoms with Crippen molar-refractivity contribution < 1.29 is 14.3 Å². The number of carbonyl (C=O) groups excluding carboxylic acids is 2. The third kappa shape index (κ3) is 4.71. The van der Waals surface area contributed by atoms with E-state index in [4.69, 9.17) is 17.0 Å². The zero-order valence-corrected chi connectivity index (χ0v) is 17.6. The van der Waals surface area contributed by atoms with Crippen LogP contribution in [0.5, 0.6) is 5.75 Å². The van der Waals surface area contributed by atoms with Crippen molar-refractivity contribution in [2.75, 3.05) is 4.90 Å². The number of amides is 2. The summed E-state index contributed by atoms with van der Waals surface area (Å²) in [7, 11) is 0. The molecule has 0 saturated carbocycles. The van der Waals surface area contributed by atoms with Crippen LogP contribution < -0.4 is 15.0 Å². The Morgan fingerprint density at radius 2 is 1.72 bits per heavy atom. The summed E-state index contributed by atoms with van der Waals surface area (Å²) in [4.78, 5) is 26.8. The Labute approximate surface area is 176 Å². The molecule has 1 aliphatic rings. The third-order valence-electron chi connectivity index (χ3n) is 4.81. The number of aryl methyl sites for hydroxylation is 1. The molecule has 1 heterocycles. The van der Waals surface area contributed by atoms with E-state index in [-0.39, 0.29) is 16.8 Å². The highest BCUT2D eigenvalue weighted by Gasteiger charge is 2.34. The first-order valence-electron chi connectivity index (χ1n) is 9.70. The molecule has 3 rings (SSSR count). The number of carbonyl (C=O) groups is 2. The van der Waals surface area contributed by atoms with Crippen molar-refractivity contribution in [3.8, 4) is 5.75 Å². The molecule has 0 aromatic heterocycles. The van der Waals surface area contributed by atoms with Gasteiger partial charge in [-0.3, -0.25) is 19.8 Å². The number of ether oxygens (including phenoxy) is 1. The van der Waals surface area contributed by atoms with Crippen LogP contribution in [0.2, 0.25) is 0 Å². The Morgan fingerprint density at radius 1 is 1.07 bits per heavy atom. The fourth-order valence-corrected chi connectivity index (χ4v) is 3.18. The summed E-state index contributed by atoms with van der Waals surface area (Å²) < 4.78 is 5.77. The van der Waals surface area contributed by atoms with Gasteiger partial charge in [-0.25, -0.2) is 0 Å². The molecule has 0 aliphatic carbocycles. The number of hydrogen-bond acceptors (Lipinski definition) is 4. The van der Waals surface area contributed by atoms with Crippen LogP contribution in [-0.2, 0) is 16.0 Å². The number of thiocarbonyl (C=S) groups is 1. The van der Waals surface area contributed by atoms with Gasteiger partial charge in [-0.15, -0.1) is 0 Å². The van der Waals surface area contributed by atoms with E-state index in [1.807, 2.05) is 55.5 Å². The SMILES string of the molecule is CCc1ccc(N2C(=O)/C(=C/c3ccc(O[C@@H](C)CC)cc3)C(=O)NC2=S)cc1. The molecule has 2 aromatic carbocycles. The van der Waals surface area contributed by atoms with Crippen LogP contribution in [0.25, 0.3) is 6.08 Å². The largest absolute Gasteiger partial charge is 0.491 e. The molecule has 0 bridgehead atoms. The van der Waals surface area contributed by atoms with Gasteiger partial charge in [0.05, 0.1) is 11.8 Å². The Balaban J connectivity index is 1.86. The molecule has 29 heavy (non-hydrogen) atoms. The first-order valence-corrected chi connectivity index (χ1v) is 10.1. The molecular formula is C23H24N2O3S. The molecule has 0 spiro atoms. The molecule has 5 nitrogen and oxygen atoms in total. The van der Waals surface area contributed by atoms with Gasteiger partial charge in [-0.1, -0.05) is 38.1 Å². The van der Waals surface area contributed by atoms with E-state index in [0.29, 0.717) is 5.69 Å². The zero-order valence-electron chi connectivity index (χ0n) is 16.8. The lowest BCUT2D eigenvalue weighted by Crippen LogP contribution is -2.54. The minimum Gasteiger partial charge on any atom is -0.491 e. The van der Waals surface area contributed by atoms with Gasteiger partial charge in [-0.2, -0.15) is 0 Å². The minimum atomic E-state index is -0.499. The summed E-state index contributed by atoms with van der Waals surface area (Å²) in [6.07, 6.45) is 3.51. The van der Waals surface area contributed by atoms with E-state index in [0.717, 1.165) is 29.7 Å². The quantitative estimate of drug-likeness (QED) is 0.441. The van der Waals surface area contributed by atoms with Crippen LogP contribution in [-0.4, -0.2) is 23.0 Å². The van der Waals surface area contributed by atoms with Crippen LogP contribution in [0.4, 0.5) is 5.69 Å². The van der Waals surface area contributed by atoms with Gasteiger partial charge < -0.3 is 4.74 Å². The number of rotatable bonds is 6. The van der Waals surface area contributed by atoms with Crippen LogP contribution in [0.3, 0.4) is 0 Å². The lowest BCUT2D eigenvalue weighted by molar-refractivity contribution is -0.122. The molecule has 6 heteroatoms. The van der Waals surface area contributed by atoms with Crippen LogP contribution in [0.1, 0.15) is 38.3 Å². The maximum absolute atomic E-state index is 13.0. The van der Waals surface area contributed by atoms with Gasteiger partial charge >= 0.3 is 0 Å². The van der Waals surface area contributed by atoms with E-state index < -0.39 is 11.8 Å². The average Bonchev–Trinajstić information content (AvgIpc) is 2.72. The smallest absolute Gasteiger partial charge is 0.270 e. The molecule has 1 N–H and O–H groups in total. The molecule has 1 saturated heterocycles. The van der Waals surface area contributed by atoms with E-state index in [9.17, 15) is 9.59 Å². The highest BCUT2D eigenvalue weighted by Crippen LogP contribution is 2.23.